The third-order valence-corrected chi connectivity index (χ3v) is 4.68. The number of amides is 1. The number of nitrogens with two attached hydrogens (primary N) is 1. The van der Waals surface area contributed by atoms with Crippen molar-refractivity contribution >= 4 is 21.7 Å². The van der Waals surface area contributed by atoms with Crippen molar-refractivity contribution in [2.24, 2.45) is 5.73 Å². The summed E-state index contributed by atoms with van der Waals surface area (Å²) >= 11 is 0. The van der Waals surface area contributed by atoms with Gasteiger partial charge in [-0.3, -0.25) is 9.59 Å². The van der Waals surface area contributed by atoms with E-state index in [1.165, 1.54) is 4.90 Å². The van der Waals surface area contributed by atoms with Crippen molar-refractivity contribution in [3.63, 3.8) is 0 Å². The average Bonchev–Trinajstić information content (AvgIpc) is 2.25. The number of nitrogens with zero attached hydrogens (tertiary/aromatic N) is 1. The smallest absolute Gasteiger partial charge is 0.305 e. The van der Waals surface area contributed by atoms with E-state index in [-0.39, 0.29) is 30.4 Å². The molecular weight excluding hydrogens is 260 g/mol. The molecule has 0 aromatic carbocycles. The van der Waals surface area contributed by atoms with Crippen LogP contribution in [0.2, 0.25) is 0 Å². The third-order valence-electron chi connectivity index (χ3n) is 2.98. The molecule has 0 spiro atoms. The van der Waals surface area contributed by atoms with E-state index < -0.39 is 27.9 Å². The molecule has 8 heteroatoms. The first-order chi connectivity index (χ1) is 8.26. The maximum atomic E-state index is 11.9. The van der Waals surface area contributed by atoms with Crippen LogP contribution in [0.1, 0.15) is 19.8 Å². The molecule has 0 aliphatic carbocycles. The molecule has 1 heterocycles. The van der Waals surface area contributed by atoms with Crippen LogP contribution in [0.3, 0.4) is 0 Å². The number of carboxylic acids is 1. The fourth-order valence-electron chi connectivity index (χ4n) is 1.93. The zero-order valence-corrected chi connectivity index (χ0v) is 11.0. The summed E-state index contributed by atoms with van der Waals surface area (Å²) in [5.74, 6) is -1.94. The van der Waals surface area contributed by atoms with Gasteiger partial charge in [0, 0.05) is 6.54 Å². The van der Waals surface area contributed by atoms with E-state index >= 15 is 0 Å². The molecule has 0 radical (unpaired) electrons. The van der Waals surface area contributed by atoms with Gasteiger partial charge in [0.15, 0.2) is 9.84 Å². The summed E-state index contributed by atoms with van der Waals surface area (Å²) in [7, 11) is -3.27. The van der Waals surface area contributed by atoms with Gasteiger partial charge < -0.3 is 15.7 Å². The molecule has 0 aromatic rings. The van der Waals surface area contributed by atoms with Crippen LogP contribution in [0, 0.1) is 0 Å². The van der Waals surface area contributed by atoms with E-state index in [2.05, 4.69) is 0 Å². The summed E-state index contributed by atoms with van der Waals surface area (Å²) in [4.78, 5) is 24.0. The average molecular weight is 278 g/mol. The molecule has 104 valence electrons. The lowest BCUT2D eigenvalue weighted by molar-refractivity contribution is -0.140. The Morgan fingerprint density at radius 3 is 2.61 bits per heavy atom. The molecule has 2 atom stereocenters. The summed E-state index contributed by atoms with van der Waals surface area (Å²) in [5, 5.41) is 8.77. The Morgan fingerprint density at radius 2 is 2.11 bits per heavy atom. The number of carbonyl (C=O) groups excluding carboxylic acids is 1. The third kappa shape index (κ3) is 3.67. The summed E-state index contributed by atoms with van der Waals surface area (Å²) in [5.41, 5.74) is 5.62. The van der Waals surface area contributed by atoms with Crippen molar-refractivity contribution < 1.29 is 23.1 Å². The van der Waals surface area contributed by atoms with E-state index in [1.54, 1.807) is 6.92 Å². The molecule has 3 N–H and O–H groups in total. The highest BCUT2D eigenvalue weighted by atomic mass is 32.2. The fraction of sp³-hybridized carbons (Fsp3) is 0.800. The molecule has 7 nitrogen and oxygen atoms in total. The SMILES string of the molecule is CC[C@H](N)C(=O)N1CCS(=O)(=O)CC1CC(=O)O. The number of carboxylic acid groups (broad SMARTS) is 1. The Labute approximate surface area is 106 Å². The van der Waals surface area contributed by atoms with E-state index in [9.17, 15) is 18.0 Å². The molecule has 1 rings (SSSR count). The van der Waals surface area contributed by atoms with Crippen molar-refractivity contribution in [1.29, 1.82) is 0 Å². The topological polar surface area (TPSA) is 118 Å². The minimum atomic E-state index is -3.27. The van der Waals surface area contributed by atoms with Crippen molar-refractivity contribution in [1.82, 2.24) is 4.90 Å². The van der Waals surface area contributed by atoms with Crippen LogP contribution >= 0.6 is 0 Å². The zero-order chi connectivity index (χ0) is 13.9. The van der Waals surface area contributed by atoms with Gasteiger partial charge in [-0.1, -0.05) is 6.92 Å². The first-order valence-corrected chi connectivity index (χ1v) is 7.57. The van der Waals surface area contributed by atoms with Gasteiger partial charge in [-0.05, 0) is 6.42 Å². The number of carbonyl (C=O) groups is 2. The predicted octanol–water partition coefficient (Wildman–Crippen LogP) is -1.18. The quantitative estimate of drug-likeness (QED) is 0.668. The van der Waals surface area contributed by atoms with E-state index in [4.69, 9.17) is 10.8 Å². The second-order valence-electron chi connectivity index (χ2n) is 4.41. The molecule has 0 bridgehead atoms. The molecule has 1 amide bonds. The lowest BCUT2D eigenvalue weighted by Gasteiger charge is -2.36. The molecule has 1 aliphatic rings. The predicted molar refractivity (Wildman–Crippen MR) is 64.7 cm³/mol. The summed E-state index contributed by atoms with van der Waals surface area (Å²) in [6.45, 7) is 1.77. The number of hydrogen-bond acceptors (Lipinski definition) is 5. The second-order valence-corrected chi connectivity index (χ2v) is 6.64. The van der Waals surface area contributed by atoms with Gasteiger partial charge in [0.1, 0.15) is 0 Å². The Bertz CT molecular complexity index is 434. The number of aliphatic carboxylic acids is 1. The molecule has 0 aromatic heterocycles. The standard InChI is InChI=1S/C10H18N2O5S/c1-2-8(11)10(15)12-3-4-18(16,17)6-7(12)5-9(13)14/h7-8H,2-6,11H2,1H3,(H,13,14)/t7?,8-/m0/s1. The van der Waals surface area contributed by atoms with Crippen LogP contribution < -0.4 is 5.73 Å². The molecule has 1 saturated heterocycles. The minimum Gasteiger partial charge on any atom is -0.481 e. The van der Waals surface area contributed by atoms with Crippen LogP contribution in [0.4, 0.5) is 0 Å². The van der Waals surface area contributed by atoms with Gasteiger partial charge in [0.2, 0.25) is 5.91 Å². The molecule has 18 heavy (non-hydrogen) atoms. The van der Waals surface area contributed by atoms with Gasteiger partial charge in [-0.2, -0.15) is 0 Å². The lowest BCUT2D eigenvalue weighted by Crippen LogP contribution is -2.56. The Balaban J connectivity index is 2.88. The number of sulfone groups is 1. The molecule has 1 fully saturated rings. The van der Waals surface area contributed by atoms with E-state index in [1.807, 2.05) is 0 Å². The van der Waals surface area contributed by atoms with Gasteiger partial charge in [-0.25, -0.2) is 8.42 Å². The normalized spacial score (nSPS) is 24.6. The van der Waals surface area contributed by atoms with Crippen LogP contribution in [0.15, 0.2) is 0 Å². The van der Waals surface area contributed by atoms with Crippen LogP contribution in [0.25, 0.3) is 0 Å². The summed E-state index contributed by atoms with van der Waals surface area (Å²) < 4.78 is 23.0. The van der Waals surface area contributed by atoms with Crippen molar-refractivity contribution in [3.8, 4) is 0 Å². The van der Waals surface area contributed by atoms with E-state index in [0.717, 1.165) is 0 Å². The minimum absolute atomic E-state index is 0.0206. The maximum Gasteiger partial charge on any atom is 0.305 e. The monoisotopic (exact) mass is 278 g/mol. The molecule has 1 unspecified atom stereocenters. The summed E-state index contributed by atoms with van der Waals surface area (Å²) in [6, 6.07) is -1.52. The Kier molecular flexibility index (Phi) is 4.69. The Morgan fingerprint density at radius 1 is 1.50 bits per heavy atom. The second kappa shape index (κ2) is 5.66. The summed E-state index contributed by atoms with van der Waals surface area (Å²) in [6.07, 6.45) is 0.0588. The molecule has 0 saturated carbocycles. The molecular formula is C10H18N2O5S. The molecule has 1 aliphatic heterocycles. The van der Waals surface area contributed by atoms with Crippen molar-refractivity contribution in [2.45, 2.75) is 31.8 Å². The van der Waals surface area contributed by atoms with Gasteiger partial charge in [-0.15, -0.1) is 0 Å². The van der Waals surface area contributed by atoms with Crippen molar-refractivity contribution in [3.05, 3.63) is 0 Å². The van der Waals surface area contributed by atoms with Gasteiger partial charge in [0.05, 0.1) is 30.0 Å². The number of hydrogen-bond donors (Lipinski definition) is 2. The Hall–Kier alpha value is -1.15. The number of rotatable bonds is 4. The van der Waals surface area contributed by atoms with Gasteiger partial charge >= 0.3 is 5.97 Å². The first kappa shape index (κ1) is 14.9. The highest BCUT2D eigenvalue weighted by Gasteiger charge is 2.36. The fourth-order valence-corrected chi connectivity index (χ4v) is 3.46. The largest absolute Gasteiger partial charge is 0.481 e. The van der Waals surface area contributed by atoms with Crippen LogP contribution in [-0.4, -0.2) is 60.4 Å². The maximum absolute atomic E-state index is 11.9. The highest BCUT2D eigenvalue weighted by molar-refractivity contribution is 7.91. The van der Waals surface area contributed by atoms with Crippen LogP contribution in [0.5, 0.6) is 0 Å². The van der Waals surface area contributed by atoms with Crippen molar-refractivity contribution in [2.75, 3.05) is 18.1 Å². The zero-order valence-electron chi connectivity index (χ0n) is 10.2. The van der Waals surface area contributed by atoms with Gasteiger partial charge in [0.25, 0.3) is 0 Å². The lowest BCUT2D eigenvalue weighted by atomic mass is 10.1. The highest BCUT2D eigenvalue weighted by Crippen LogP contribution is 2.16. The van der Waals surface area contributed by atoms with Crippen LogP contribution in [-0.2, 0) is 19.4 Å². The first-order valence-electron chi connectivity index (χ1n) is 5.75. The van der Waals surface area contributed by atoms with E-state index in [0.29, 0.717) is 6.42 Å².